The van der Waals surface area contributed by atoms with Crippen molar-refractivity contribution >= 4 is 22.6 Å². The minimum absolute atomic E-state index is 0.0956. The van der Waals surface area contributed by atoms with Gasteiger partial charge in [0.2, 0.25) is 0 Å². The minimum Gasteiger partial charge on any atom is -0.383 e. The molecule has 3 N–H and O–H groups in total. The van der Waals surface area contributed by atoms with Gasteiger partial charge in [0.1, 0.15) is 12.1 Å². The van der Waals surface area contributed by atoms with Crippen molar-refractivity contribution in [2.24, 2.45) is 0 Å². The van der Waals surface area contributed by atoms with Crippen LogP contribution in [0, 0.1) is 0 Å². The predicted octanol–water partition coefficient (Wildman–Crippen LogP) is 1.90. The quantitative estimate of drug-likeness (QED) is 0.884. The third-order valence-electron chi connectivity index (χ3n) is 3.96. The largest absolute Gasteiger partial charge is 0.383 e. The zero-order chi connectivity index (χ0) is 15.7. The van der Waals surface area contributed by atoms with E-state index < -0.39 is 0 Å². The summed E-state index contributed by atoms with van der Waals surface area (Å²) in [5, 5.41) is 3.83. The molecule has 2 heterocycles. The van der Waals surface area contributed by atoms with Crippen molar-refractivity contribution in [2.45, 2.75) is 38.3 Å². The lowest BCUT2D eigenvalue weighted by molar-refractivity contribution is -0.0615. The molecule has 0 radical (unpaired) electrons. The van der Waals surface area contributed by atoms with Crippen LogP contribution in [0.3, 0.4) is 0 Å². The highest BCUT2D eigenvalue weighted by Gasteiger charge is 2.29. The summed E-state index contributed by atoms with van der Waals surface area (Å²) < 4.78 is 5.67. The molecule has 2 aromatic rings. The molecule has 3 rings (SSSR count). The number of fused-ring (bicyclic) bond motifs is 1. The molecule has 1 amide bonds. The Bertz CT molecular complexity index is 714. The summed E-state index contributed by atoms with van der Waals surface area (Å²) in [5.41, 5.74) is 6.86. The van der Waals surface area contributed by atoms with Crippen LogP contribution < -0.4 is 11.1 Å². The number of anilines is 1. The van der Waals surface area contributed by atoms with E-state index in [9.17, 15) is 4.79 Å². The Morgan fingerprint density at radius 3 is 3.00 bits per heavy atom. The first-order chi connectivity index (χ1) is 10.4. The van der Waals surface area contributed by atoms with Gasteiger partial charge in [0.25, 0.3) is 5.91 Å². The van der Waals surface area contributed by atoms with E-state index in [1.54, 1.807) is 18.2 Å². The highest BCUT2D eigenvalue weighted by atomic mass is 16.5. The van der Waals surface area contributed by atoms with Crippen LogP contribution in [0.15, 0.2) is 24.5 Å². The van der Waals surface area contributed by atoms with Gasteiger partial charge < -0.3 is 15.8 Å². The standard InChI is InChI=1S/C16H20N4O2/c1-16(2)8-11(5-6-22-16)20-15(21)10-3-4-12-13(7-10)18-9-19-14(12)17/h3-4,7,9,11H,5-6,8H2,1-2H3,(H,20,21)(H2,17,18,19)/t11-/m0/s1. The number of amides is 1. The zero-order valence-corrected chi connectivity index (χ0v) is 12.8. The number of rotatable bonds is 2. The molecule has 0 unspecified atom stereocenters. The number of carbonyl (C=O) groups excluding carboxylic acids is 1. The van der Waals surface area contributed by atoms with Gasteiger partial charge in [-0.1, -0.05) is 0 Å². The summed E-state index contributed by atoms with van der Waals surface area (Å²) in [6.45, 7) is 4.75. The first-order valence-corrected chi connectivity index (χ1v) is 7.40. The molecule has 116 valence electrons. The van der Waals surface area contributed by atoms with Crippen LogP contribution in [-0.4, -0.2) is 34.1 Å². The van der Waals surface area contributed by atoms with E-state index in [1.807, 2.05) is 13.8 Å². The number of hydrogen-bond donors (Lipinski definition) is 2. The van der Waals surface area contributed by atoms with Crippen LogP contribution in [0.2, 0.25) is 0 Å². The number of benzene rings is 1. The second-order valence-electron chi connectivity index (χ2n) is 6.26. The number of nitrogen functional groups attached to an aromatic ring is 1. The number of nitrogens with one attached hydrogen (secondary N) is 1. The SMILES string of the molecule is CC1(C)C[C@@H](NC(=O)c2ccc3c(N)ncnc3c2)CCO1. The molecule has 0 saturated carbocycles. The highest BCUT2D eigenvalue weighted by Crippen LogP contribution is 2.24. The van der Waals surface area contributed by atoms with Gasteiger partial charge >= 0.3 is 0 Å². The molecule has 1 saturated heterocycles. The fourth-order valence-corrected chi connectivity index (χ4v) is 2.84. The number of carbonyl (C=O) groups is 1. The van der Waals surface area contributed by atoms with Gasteiger partial charge in [0, 0.05) is 23.6 Å². The van der Waals surface area contributed by atoms with Crippen LogP contribution in [0.1, 0.15) is 37.0 Å². The molecule has 6 nitrogen and oxygen atoms in total. The Morgan fingerprint density at radius 2 is 2.23 bits per heavy atom. The van der Waals surface area contributed by atoms with Crippen LogP contribution >= 0.6 is 0 Å². The molecule has 1 aromatic heterocycles. The molecule has 1 atom stereocenters. The number of ether oxygens (including phenoxy) is 1. The molecule has 0 spiro atoms. The number of nitrogens with two attached hydrogens (primary N) is 1. The molecular weight excluding hydrogens is 280 g/mol. The number of nitrogens with zero attached hydrogens (tertiary/aromatic N) is 2. The van der Waals surface area contributed by atoms with Crippen LogP contribution in [0.4, 0.5) is 5.82 Å². The van der Waals surface area contributed by atoms with Crippen molar-refractivity contribution in [1.82, 2.24) is 15.3 Å². The van der Waals surface area contributed by atoms with E-state index in [0.717, 1.165) is 18.2 Å². The predicted molar refractivity (Wildman–Crippen MR) is 84.5 cm³/mol. The van der Waals surface area contributed by atoms with Gasteiger partial charge in [-0.25, -0.2) is 9.97 Å². The molecule has 0 bridgehead atoms. The van der Waals surface area contributed by atoms with Crippen molar-refractivity contribution < 1.29 is 9.53 Å². The summed E-state index contributed by atoms with van der Waals surface area (Å²) in [6, 6.07) is 5.41. The molecule has 0 aliphatic carbocycles. The van der Waals surface area contributed by atoms with E-state index in [4.69, 9.17) is 10.5 Å². The third kappa shape index (κ3) is 3.01. The van der Waals surface area contributed by atoms with Gasteiger partial charge in [0.05, 0.1) is 11.1 Å². The second-order valence-corrected chi connectivity index (χ2v) is 6.26. The van der Waals surface area contributed by atoms with E-state index in [0.29, 0.717) is 23.5 Å². The molecule has 22 heavy (non-hydrogen) atoms. The Hall–Kier alpha value is -2.21. The van der Waals surface area contributed by atoms with Crippen molar-refractivity contribution in [1.29, 1.82) is 0 Å². The fourth-order valence-electron chi connectivity index (χ4n) is 2.84. The van der Waals surface area contributed by atoms with Gasteiger partial charge in [-0.05, 0) is 44.9 Å². The summed E-state index contributed by atoms with van der Waals surface area (Å²) in [5.74, 6) is 0.324. The number of hydrogen-bond acceptors (Lipinski definition) is 5. The first kappa shape index (κ1) is 14.7. The second kappa shape index (κ2) is 5.53. The maximum Gasteiger partial charge on any atom is 0.251 e. The molecular formula is C16H20N4O2. The maximum absolute atomic E-state index is 12.4. The highest BCUT2D eigenvalue weighted by molar-refractivity contribution is 5.99. The molecule has 1 aromatic carbocycles. The van der Waals surface area contributed by atoms with Crippen molar-refractivity contribution in [2.75, 3.05) is 12.3 Å². The molecule has 1 aliphatic heterocycles. The zero-order valence-electron chi connectivity index (χ0n) is 12.8. The van der Waals surface area contributed by atoms with Gasteiger partial charge in [0.15, 0.2) is 0 Å². The fraction of sp³-hybridized carbons (Fsp3) is 0.438. The average Bonchev–Trinajstić information content (AvgIpc) is 2.46. The summed E-state index contributed by atoms with van der Waals surface area (Å²) in [6.07, 6.45) is 3.04. The summed E-state index contributed by atoms with van der Waals surface area (Å²) in [7, 11) is 0. The Kier molecular flexibility index (Phi) is 3.70. The lowest BCUT2D eigenvalue weighted by Gasteiger charge is -2.35. The lowest BCUT2D eigenvalue weighted by atomic mass is 9.93. The van der Waals surface area contributed by atoms with Crippen LogP contribution in [0.25, 0.3) is 10.9 Å². The van der Waals surface area contributed by atoms with Crippen molar-refractivity contribution in [3.8, 4) is 0 Å². The van der Waals surface area contributed by atoms with Crippen LogP contribution in [-0.2, 0) is 4.74 Å². The third-order valence-corrected chi connectivity index (χ3v) is 3.96. The summed E-state index contributed by atoms with van der Waals surface area (Å²) >= 11 is 0. The van der Waals surface area contributed by atoms with Crippen molar-refractivity contribution in [3.63, 3.8) is 0 Å². The normalized spacial score (nSPS) is 20.7. The van der Waals surface area contributed by atoms with E-state index in [2.05, 4.69) is 15.3 Å². The van der Waals surface area contributed by atoms with Gasteiger partial charge in [-0.3, -0.25) is 4.79 Å². The monoisotopic (exact) mass is 300 g/mol. The van der Waals surface area contributed by atoms with Gasteiger partial charge in [-0.15, -0.1) is 0 Å². The molecule has 1 aliphatic rings. The molecule has 1 fully saturated rings. The Morgan fingerprint density at radius 1 is 1.41 bits per heavy atom. The molecule has 6 heteroatoms. The van der Waals surface area contributed by atoms with E-state index in [-0.39, 0.29) is 17.6 Å². The lowest BCUT2D eigenvalue weighted by Crippen LogP contribution is -2.45. The minimum atomic E-state index is -0.193. The van der Waals surface area contributed by atoms with Crippen molar-refractivity contribution in [3.05, 3.63) is 30.1 Å². The van der Waals surface area contributed by atoms with Crippen LogP contribution in [0.5, 0.6) is 0 Å². The van der Waals surface area contributed by atoms with Gasteiger partial charge in [-0.2, -0.15) is 0 Å². The average molecular weight is 300 g/mol. The topological polar surface area (TPSA) is 90.1 Å². The smallest absolute Gasteiger partial charge is 0.251 e. The maximum atomic E-state index is 12.4. The Balaban J connectivity index is 1.78. The Labute approximate surface area is 129 Å². The van der Waals surface area contributed by atoms with E-state index in [1.165, 1.54) is 6.33 Å². The number of aromatic nitrogens is 2. The summed E-state index contributed by atoms with van der Waals surface area (Å²) in [4.78, 5) is 20.5. The van der Waals surface area contributed by atoms with E-state index >= 15 is 0 Å². The first-order valence-electron chi connectivity index (χ1n) is 7.40.